The molecule has 0 aliphatic rings. The predicted molar refractivity (Wildman–Crippen MR) is 37.4 cm³/mol. The van der Waals surface area contributed by atoms with Crippen molar-refractivity contribution in [2.75, 3.05) is 6.73 Å². The number of nitrogens with one attached hydrogen (secondary N) is 1. The second-order valence-corrected chi connectivity index (χ2v) is 2.41. The Balaban J connectivity index is 3.56. The van der Waals surface area contributed by atoms with Crippen LogP contribution < -0.4 is 10.4 Å². The molecule has 0 aromatic carbocycles. The number of terminal acetylenes is 1. The van der Waals surface area contributed by atoms with Crippen LogP contribution in [0.3, 0.4) is 0 Å². The first-order valence-electron chi connectivity index (χ1n) is 3.04. The summed E-state index contributed by atoms with van der Waals surface area (Å²) in [6, 6.07) is 0. The summed E-state index contributed by atoms with van der Waals surface area (Å²) in [5.74, 6) is 2.34. The van der Waals surface area contributed by atoms with E-state index in [-0.39, 0.29) is 6.73 Å². The van der Waals surface area contributed by atoms with E-state index in [1.54, 1.807) is 13.8 Å². The molecule has 0 heterocycles. The summed E-state index contributed by atoms with van der Waals surface area (Å²) in [6.45, 7) is 3.16. The number of rotatable bonds is 3. The molecule has 0 atom stereocenters. The molecule has 1 amide bonds. The van der Waals surface area contributed by atoms with Gasteiger partial charge in [0.05, 0.1) is 0 Å². The minimum atomic E-state index is -1.38. The standard InChI is InChI=1S/C7H11NO3/c1-4-7(2,3)11-5-8-6(9)10/h1,8H,5H2,2-3H3,(H,9,10)/p-1. The monoisotopic (exact) mass is 156 g/mol. The fourth-order valence-electron chi connectivity index (χ4n) is 0.317. The van der Waals surface area contributed by atoms with Gasteiger partial charge in [0.1, 0.15) is 18.4 Å². The molecule has 0 bridgehead atoms. The van der Waals surface area contributed by atoms with Crippen molar-refractivity contribution in [3.63, 3.8) is 0 Å². The number of ether oxygens (including phenoxy) is 1. The maximum absolute atomic E-state index is 9.82. The van der Waals surface area contributed by atoms with E-state index in [9.17, 15) is 9.90 Å². The van der Waals surface area contributed by atoms with Gasteiger partial charge in [-0.25, -0.2) is 0 Å². The van der Waals surface area contributed by atoms with E-state index >= 15 is 0 Å². The molecule has 0 aromatic heterocycles. The Bertz CT molecular complexity index is 181. The first-order valence-corrected chi connectivity index (χ1v) is 3.04. The van der Waals surface area contributed by atoms with Crippen LogP contribution in [0.25, 0.3) is 0 Å². The van der Waals surface area contributed by atoms with Crippen molar-refractivity contribution in [3.05, 3.63) is 0 Å². The lowest BCUT2D eigenvalue weighted by Crippen LogP contribution is -2.40. The van der Waals surface area contributed by atoms with E-state index in [1.807, 2.05) is 5.32 Å². The number of amides is 1. The minimum absolute atomic E-state index is 0.153. The zero-order valence-corrected chi connectivity index (χ0v) is 6.51. The molecule has 0 rings (SSSR count). The quantitative estimate of drug-likeness (QED) is 0.434. The van der Waals surface area contributed by atoms with Crippen molar-refractivity contribution in [1.29, 1.82) is 0 Å². The molecule has 0 unspecified atom stereocenters. The third kappa shape index (κ3) is 5.25. The summed E-state index contributed by atoms with van der Waals surface area (Å²) in [5, 5.41) is 11.7. The summed E-state index contributed by atoms with van der Waals surface area (Å²) < 4.78 is 4.92. The predicted octanol–water partition coefficient (Wildman–Crippen LogP) is -0.695. The van der Waals surface area contributed by atoms with Crippen LogP contribution >= 0.6 is 0 Å². The summed E-state index contributed by atoms with van der Waals surface area (Å²) in [4.78, 5) is 9.82. The highest BCUT2D eigenvalue weighted by Crippen LogP contribution is 2.04. The smallest absolute Gasteiger partial charge is 0.135 e. The topological polar surface area (TPSA) is 61.4 Å². The molecule has 0 spiro atoms. The molecule has 0 fully saturated rings. The van der Waals surface area contributed by atoms with Gasteiger partial charge in [-0.1, -0.05) is 5.92 Å². The first-order chi connectivity index (χ1) is 4.98. The number of hydrogen-bond donors (Lipinski definition) is 1. The van der Waals surface area contributed by atoms with Crippen molar-refractivity contribution in [2.45, 2.75) is 19.4 Å². The number of hydrogen-bond acceptors (Lipinski definition) is 3. The van der Waals surface area contributed by atoms with Crippen molar-refractivity contribution >= 4 is 6.09 Å². The second kappa shape index (κ2) is 3.84. The van der Waals surface area contributed by atoms with Crippen LogP contribution in [0.1, 0.15) is 13.8 Å². The third-order valence-electron chi connectivity index (χ3n) is 0.997. The third-order valence-corrected chi connectivity index (χ3v) is 0.997. The lowest BCUT2D eigenvalue weighted by molar-refractivity contribution is -0.252. The average Bonchev–Trinajstić information content (AvgIpc) is 1.87. The van der Waals surface area contributed by atoms with E-state index < -0.39 is 11.7 Å². The number of carboxylic acid groups (broad SMARTS) is 1. The molecule has 4 heteroatoms. The summed E-state index contributed by atoms with van der Waals surface area (Å²) in [5.41, 5.74) is -0.748. The Labute approximate surface area is 65.5 Å². The maximum Gasteiger partial charge on any atom is 0.135 e. The molecule has 0 aliphatic heterocycles. The van der Waals surface area contributed by atoms with Crippen LogP contribution in [-0.4, -0.2) is 18.4 Å². The number of carbonyl (C=O) groups excluding carboxylic acids is 1. The SMILES string of the molecule is C#CC(C)(C)OCNC(=O)[O-]. The normalized spacial score (nSPS) is 10.3. The van der Waals surface area contributed by atoms with E-state index in [0.717, 1.165) is 0 Å². The van der Waals surface area contributed by atoms with Crippen LogP contribution in [0.15, 0.2) is 0 Å². The Hall–Kier alpha value is -1.21. The largest absolute Gasteiger partial charge is 0.530 e. The minimum Gasteiger partial charge on any atom is -0.530 e. The molecular formula is C7H10NO3-. The van der Waals surface area contributed by atoms with Crippen LogP contribution in [-0.2, 0) is 4.74 Å². The Morgan fingerprint density at radius 2 is 2.36 bits per heavy atom. The lowest BCUT2D eigenvalue weighted by atomic mass is 10.2. The fourth-order valence-corrected chi connectivity index (χ4v) is 0.317. The molecule has 11 heavy (non-hydrogen) atoms. The Morgan fingerprint density at radius 3 is 2.73 bits per heavy atom. The van der Waals surface area contributed by atoms with Gasteiger partial charge in [-0.05, 0) is 13.8 Å². The zero-order valence-electron chi connectivity index (χ0n) is 6.51. The van der Waals surface area contributed by atoms with Gasteiger partial charge in [0, 0.05) is 0 Å². The Morgan fingerprint density at radius 1 is 1.82 bits per heavy atom. The zero-order chi connectivity index (χ0) is 8.91. The highest BCUT2D eigenvalue weighted by Gasteiger charge is 2.12. The van der Waals surface area contributed by atoms with Gasteiger partial charge in [-0.3, -0.25) is 0 Å². The lowest BCUT2D eigenvalue weighted by Gasteiger charge is -2.19. The molecule has 0 saturated heterocycles. The van der Waals surface area contributed by atoms with Gasteiger partial charge < -0.3 is 20.0 Å². The fraction of sp³-hybridized carbons (Fsp3) is 0.571. The summed E-state index contributed by atoms with van der Waals surface area (Å²) in [6.07, 6.45) is 3.68. The first kappa shape index (κ1) is 9.79. The van der Waals surface area contributed by atoms with Crippen LogP contribution in [0.2, 0.25) is 0 Å². The average molecular weight is 156 g/mol. The molecular weight excluding hydrogens is 146 g/mol. The highest BCUT2D eigenvalue weighted by molar-refractivity contribution is 5.61. The van der Waals surface area contributed by atoms with Crippen LogP contribution in [0.5, 0.6) is 0 Å². The van der Waals surface area contributed by atoms with Crippen molar-refractivity contribution in [1.82, 2.24) is 5.32 Å². The summed E-state index contributed by atoms with van der Waals surface area (Å²) in [7, 11) is 0. The molecule has 0 radical (unpaired) electrons. The van der Waals surface area contributed by atoms with E-state index in [2.05, 4.69) is 5.92 Å². The molecule has 0 aliphatic carbocycles. The van der Waals surface area contributed by atoms with Gasteiger partial charge in [0.15, 0.2) is 0 Å². The molecule has 0 aromatic rings. The molecule has 4 nitrogen and oxygen atoms in total. The van der Waals surface area contributed by atoms with E-state index in [1.165, 1.54) is 0 Å². The highest BCUT2D eigenvalue weighted by atomic mass is 16.5. The molecule has 62 valence electrons. The van der Waals surface area contributed by atoms with E-state index in [0.29, 0.717) is 0 Å². The number of carbonyl (C=O) groups is 1. The van der Waals surface area contributed by atoms with Gasteiger partial charge >= 0.3 is 0 Å². The van der Waals surface area contributed by atoms with Crippen LogP contribution in [0.4, 0.5) is 4.79 Å². The van der Waals surface area contributed by atoms with Gasteiger partial charge in [-0.2, -0.15) is 0 Å². The van der Waals surface area contributed by atoms with Crippen LogP contribution in [0, 0.1) is 12.3 Å². The van der Waals surface area contributed by atoms with E-state index in [4.69, 9.17) is 11.2 Å². The van der Waals surface area contributed by atoms with Crippen molar-refractivity contribution in [2.24, 2.45) is 0 Å². The van der Waals surface area contributed by atoms with Crippen molar-refractivity contribution in [3.8, 4) is 12.3 Å². The Kier molecular flexibility index (Phi) is 3.42. The molecule has 0 saturated carbocycles. The second-order valence-electron chi connectivity index (χ2n) is 2.41. The van der Waals surface area contributed by atoms with Gasteiger partial charge in [0.25, 0.3) is 0 Å². The van der Waals surface area contributed by atoms with Gasteiger partial charge in [-0.15, -0.1) is 6.42 Å². The van der Waals surface area contributed by atoms with Crippen molar-refractivity contribution < 1.29 is 14.6 Å². The maximum atomic E-state index is 9.82. The van der Waals surface area contributed by atoms with Gasteiger partial charge in [0.2, 0.25) is 0 Å². The summed E-state index contributed by atoms with van der Waals surface area (Å²) >= 11 is 0. The molecule has 1 N–H and O–H groups in total.